The van der Waals surface area contributed by atoms with Gasteiger partial charge in [0.1, 0.15) is 11.5 Å². The lowest BCUT2D eigenvalue weighted by molar-refractivity contribution is -0.384. The van der Waals surface area contributed by atoms with Crippen molar-refractivity contribution in [3.63, 3.8) is 0 Å². The molecule has 20 heavy (non-hydrogen) atoms. The number of nitro benzene ring substituents is 1. The molecule has 0 saturated heterocycles. The first-order chi connectivity index (χ1) is 9.58. The second-order valence-corrected chi connectivity index (χ2v) is 4.32. The minimum absolute atomic E-state index is 0.256. The number of hydrogen-bond acceptors (Lipinski definition) is 5. The van der Waals surface area contributed by atoms with Crippen molar-refractivity contribution in [2.75, 3.05) is 11.9 Å². The van der Waals surface area contributed by atoms with E-state index in [1.54, 1.807) is 24.0 Å². The van der Waals surface area contributed by atoms with Gasteiger partial charge in [0.05, 0.1) is 17.2 Å². The van der Waals surface area contributed by atoms with Crippen LogP contribution in [0.5, 0.6) is 0 Å². The van der Waals surface area contributed by atoms with Gasteiger partial charge in [-0.2, -0.15) is 0 Å². The van der Waals surface area contributed by atoms with Crippen LogP contribution >= 0.6 is 0 Å². The Morgan fingerprint density at radius 1 is 1.50 bits per heavy atom. The third-order valence-corrected chi connectivity index (χ3v) is 2.83. The van der Waals surface area contributed by atoms with Crippen molar-refractivity contribution >= 4 is 11.4 Å². The van der Waals surface area contributed by atoms with Crippen LogP contribution in [-0.2, 0) is 6.54 Å². The third kappa shape index (κ3) is 3.28. The van der Waals surface area contributed by atoms with Crippen molar-refractivity contribution < 1.29 is 9.31 Å². The monoisotopic (exact) mass is 279 g/mol. The molecule has 7 nitrogen and oxygen atoms in total. The molecule has 0 amide bonds. The Balaban J connectivity index is 1.98. The van der Waals surface area contributed by atoms with Crippen molar-refractivity contribution in [2.45, 2.75) is 19.9 Å². The van der Waals surface area contributed by atoms with E-state index < -0.39 is 10.7 Å². The minimum Gasteiger partial charge on any atom is -0.379 e. The van der Waals surface area contributed by atoms with E-state index in [9.17, 15) is 14.5 Å². The highest BCUT2D eigenvalue weighted by Crippen LogP contribution is 2.27. The van der Waals surface area contributed by atoms with Crippen LogP contribution in [0.3, 0.4) is 0 Å². The number of hydrogen-bond donors (Lipinski definition) is 1. The summed E-state index contributed by atoms with van der Waals surface area (Å²) in [6.45, 7) is 2.74. The largest absolute Gasteiger partial charge is 0.379 e. The topological polar surface area (TPSA) is 85.9 Å². The van der Waals surface area contributed by atoms with Crippen LogP contribution in [-0.4, -0.2) is 26.5 Å². The second-order valence-electron chi connectivity index (χ2n) is 4.32. The summed E-state index contributed by atoms with van der Waals surface area (Å²) in [6.07, 6.45) is 4.04. The van der Waals surface area contributed by atoms with Crippen LogP contribution < -0.4 is 5.32 Å². The number of halogens is 1. The quantitative estimate of drug-likeness (QED) is 0.497. The smallest absolute Gasteiger partial charge is 0.295 e. The van der Waals surface area contributed by atoms with Gasteiger partial charge in [0.25, 0.3) is 5.69 Å². The zero-order valence-electron chi connectivity index (χ0n) is 10.9. The summed E-state index contributed by atoms with van der Waals surface area (Å²) in [6, 6.07) is 2.39. The van der Waals surface area contributed by atoms with Gasteiger partial charge in [-0.25, -0.2) is 4.39 Å². The van der Waals surface area contributed by atoms with Gasteiger partial charge in [-0.1, -0.05) is 5.21 Å². The minimum atomic E-state index is -0.595. The summed E-state index contributed by atoms with van der Waals surface area (Å²) in [5, 5.41) is 21.3. The van der Waals surface area contributed by atoms with Gasteiger partial charge < -0.3 is 5.32 Å². The Morgan fingerprint density at radius 2 is 2.30 bits per heavy atom. The van der Waals surface area contributed by atoms with Crippen LogP contribution in [0.4, 0.5) is 15.8 Å². The lowest BCUT2D eigenvalue weighted by atomic mass is 10.1. The molecule has 0 bridgehead atoms. The Hall–Kier alpha value is -2.51. The molecule has 0 fully saturated rings. The van der Waals surface area contributed by atoms with Crippen LogP contribution in [0.1, 0.15) is 12.0 Å². The van der Waals surface area contributed by atoms with Gasteiger partial charge in [-0.15, -0.1) is 5.10 Å². The molecular formula is C12H14FN5O2. The van der Waals surface area contributed by atoms with E-state index in [4.69, 9.17) is 0 Å². The van der Waals surface area contributed by atoms with Crippen molar-refractivity contribution in [1.29, 1.82) is 0 Å². The molecule has 1 heterocycles. The van der Waals surface area contributed by atoms with E-state index in [1.807, 2.05) is 0 Å². The highest BCUT2D eigenvalue weighted by Gasteiger charge is 2.16. The van der Waals surface area contributed by atoms with Crippen molar-refractivity contribution in [3.8, 4) is 0 Å². The third-order valence-electron chi connectivity index (χ3n) is 2.83. The van der Waals surface area contributed by atoms with Crippen molar-refractivity contribution in [1.82, 2.24) is 15.0 Å². The molecule has 1 N–H and O–H groups in total. The van der Waals surface area contributed by atoms with Crippen molar-refractivity contribution in [2.24, 2.45) is 0 Å². The lowest BCUT2D eigenvalue weighted by Crippen LogP contribution is -2.09. The molecule has 0 atom stereocenters. The van der Waals surface area contributed by atoms with Crippen LogP contribution in [0.2, 0.25) is 0 Å². The van der Waals surface area contributed by atoms with E-state index in [2.05, 4.69) is 15.6 Å². The fourth-order valence-corrected chi connectivity index (χ4v) is 1.78. The molecule has 0 radical (unpaired) electrons. The van der Waals surface area contributed by atoms with Gasteiger partial charge in [0, 0.05) is 19.3 Å². The molecule has 1 aromatic heterocycles. The standard InChI is InChI=1S/C12H14FN5O2/c1-9-7-11(12(18(19)20)8-10(9)13)14-3-2-5-17-6-4-15-16-17/h4,6-8,14H,2-3,5H2,1H3. The highest BCUT2D eigenvalue weighted by atomic mass is 19.1. The second kappa shape index (κ2) is 6.09. The lowest BCUT2D eigenvalue weighted by Gasteiger charge is -2.08. The molecule has 0 aliphatic rings. The molecule has 0 spiro atoms. The number of anilines is 1. The van der Waals surface area contributed by atoms with Gasteiger partial charge in [0.15, 0.2) is 0 Å². The normalized spacial score (nSPS) is 10.5. The average Bonchev–Trinajstić information content (AvgIpc) is 2.91. The molecule has 8 heteroatoms. The molecule has 2 rings (SSSR count). The zero-order chi connectivity index (χ0) is 14.5. The van der Waals surface area contributed by atoms with Gasteiger partial charge in [-0.3, -0.25) is 14.8 Å². The van der Waals surface area contributed by atoms with Crippen LogP contribution in [0.15, 0.2) is 24.5 Å². The molecular weight excluding hydrogens is 265 g/mol. The molecule has 2 aromatic rings. The molecule has 0 aliphatic heterocycles. The molecule has 1 aromatic carbocycles. The number of aryl methyl sites for hydroxylation is 2. The summed E-state index contributed by atoms with van der Waals surface area (Å²) in [5.74, 6) is -0.579. The van der Waals surface area contributed by atoms with Gasteiger partial charge >= 0.3 is 0 Å². The summed E-state index contributed by atoms with van der Waals surface area (Å²) in [4.78, 5) is 10.3. The van der Waals surface area contributed by atoms with E-state index in [0.717, 1.165) is 12.5 Å². The first-order valence-corrected chi connectivity index (χ1v) is 6.10. The number of nitrogens with one attached hydrogen (secondary N) is 1. The Labute approximate surface area is 114 Å². The Bertz CT molecular complexity index is 600. The van der Waals surface area contributed by atoms with Crippen molar-refractivity contribution in [3.05, 3.63) is 46.0 Å². The molecule has 0 unspecified atom stereocenters. The number of nitrogens with zero attached hydrogens (tertiary/aromatic N) is 4. The Kier molecular flexibility index (Phi) is 4.24. The maximum atomic E-state index is 13.3. The van der Waals surface area contributed by atoms with E-state index in [0.29, 0.717) is 24.3 Å². The zero-order valence-corrected chi connectivity index (χ0v) is 10.9. The predicted octanol–water partition coefficient (Wildman–Crippen LogP) is 2.14. The first-order valence-electron chi connectivity index (χ1n) is 6.10. The number of aromatic nitrogens is 3. The Morgan fingerprint density at radius 3 is 2.95 bits per heavy atom. The number of rotatable bonds is 6. The molecule has 0 aliphatic carbocycles. The summed E-state index contributed by atoms with van der Waals surface area (Å²) in [5.41, 5.74) is 0.440. The SMILES string of the molecule is Cc1cc(NCCCn2ccnn2)c([N+](=O)[O-])cc1F. The summed E-state index contributed by atoms with van der Waals surface area (Å²) < 4.78 is 15.0. The fourth-order valence-electron chi connectivity index (χ4n) is 1.78. The fraction of sp³-hybridized carbons (Fsp3) is 0.333. The average molecular weight is 279 g/mol. The van der Waals surface area contributed by atoms with Crippen LogP contribution in [0.25, 0.3) is 0 Å². The molecule has 0 saturated carbocycles. The van der Waals surface area contributed by atoms with Gasteiger partial charge in [0.2, 0.25) is 0 Å². The summed E-state index contributed by atoms with van der Waals surface area (Å²) in [7, 11) is 0. The number of benzene rings is 1. The highest BCUT2D eigenvalue weighted by molar-refractivity contribution is 5.63. The van der Waals surface area contributed by atoms with Crippen LogP contribution in [0, 0.1) is 22.9 Å². The number of nitro groups is 1. The predicted molar refractivity (Wildman–Crippen MR) is 70.9 cm³/mol. The molecule has 106 valence electrons. The van der Waals surface area contributed by atoms with E-state index in [-0.39, 0.29) is 5.69 Å². The maximum Gasteiger partial charge on any atom is 0.295 e. The first kappa shape index (κ1) is 13.9. The maximum absolute atomic E-state index is 13.3. The van der Waals surface area contributed by atoms with E-state index in [1.165, 1.54) is 6.07 Å². The van der Waals surface area contributed by atoms with Gasteiger partial charge in [-0.05, 0) is 25.0 Å². The summed E-state index contributed by atoms with van der Waals surface area (Å²) >= 11 is 0. The van der Waals surface area contributed by atoms with E-state index >= 15 is 0 Å².